The van der Waals surface area contributed by atoms with Crippen molar-refractivity contribution in [2.75, 3.05) is 176 Å². The molecule has 8 aliphatic rings. The van der Waals surface area contributed by atoms with Crippen LogP contribution in [0.2, 0.25) is 30.1 Å². The number of hydrogen-bond donors (Lipinski definition) is 2. The Morgan fingerprint density at radius 1 is 0.383 bits per heavy atom. The van der Waals surface area contributed by atoms with Crippen molar-refractivity contribution < 1.29 is 55.1 Å². The Morgan fingerprint density at radius 2 is 0.674 bits per heavy atom. The van der Waals surface area contributed by atoms with Gasteiger partial charge in [-0.05, 0) is 200 Å². The van der Waals surface area contributed by atoms with E-state index in [-0.39, 0.29) is 84.5 Å². The van der Waals surface area contributed by atoms with Crippen LogP contribution in [0.1, 0.15) is 134 Å². The van der Waals surface area contributed by atoms with Crippen LogP contribution in [-0.4, -0.2) is 299 Å². The SMILES string of the molecule is CC(C)(C)OC(=O)N1CCC2(CC1)CNC2.CN(C)C(=O)c1ccc(-c2nnc(Br)s2)cc1Cl.CN(C)C(=O)c1ccc(-c2nnc(N3CC4(CCN(C(=O)OC(C)(C)C)CC4)C3)s2)cc1Cl.CN(C)C(=O)c1ccc(-c2nnc(N3CC4(CCN(S(=O)(=O)c5ccccc5Cl)CC4)C3)s2)cc1Cl.CN(C)C(=O)c1ccc(-c2nnc(N3CC4(CCNCC4)C3)s2)cc1Cl.Cl.O=S(=O)(Cl)c1ccccc1Cl. The number of piperidine rings is 4. The number of aromatic nitrogens is 8. The summed E-state index contributed by atoms with van der Waals surface area (Å²) in [6.07, 6.45) is 7.83. The molecule has 6 amide bonds. The summed E-state index contributed by atoms with van der Waals surface area (Å²) in [5, 5.41) is 48.6. The Balaban J connectivity index is 0.000000157. The number of likely N-dealkylation sites (tertiary alicyclic amines) is 2. The van der Waals surface area contributed by atoms with Gasteiger partial charge in [0, 0.05) is 197 Å². The zero-order valence-corrected chi connectivity index (χ0v) is 92.9. The quantitative estimate of drug-likeness (QED) is 0.0955. The molecule has 0 unspecified atom stereocenters. The molecule has 10 aromatic rings. The van der Waals surface area contributed by atoms with Crippen LogP contribution in [0.25, 0.3) is 42.3 Å². The predicted octanol–water partition coefficient (Wildman–Crippen LogP) is 19.3. The van der Waals surface area contributed by atoms with E-state index in [0.717, 1.165) is 188 Å². The van der Waals surface area contributed by atoms with Gasteiger partial charge in [0.05, 0.1) is 52.4 Å². The van der Waals surface area contributed by atoms with E-state index in [4.69, 9.17) is 89.8 Å². The molecule has 0 atom stereocenters. The fourth-order valence-electron chi connectivity index (χ4n) is 17.0. The number of sulfonamides is 1. The van der Waals surface area contributed by atoms with E-state index in [1.807, 2.05) is 75.6 Å². The van der Waals surface area contributed by atoms with Crippen LogP contribution < -0.4 is 25.3 Å². The van der Waals surface area contributed by atoms with Crippen LogP contribution in [0.15, 0.2) is 135 Å². The van der Waals surface area contributed by atoms with Crippen molar-refractivity contribution >= 4 is 224 Å². The largest absolute Gasteiger partial charge is 0.444 e. The third-order valence-electron chi connectivity index (χ3n) is 25.0. The first kappa shape index (κ1) is 112. The number of rotatable bonds is 14. The van der Waals surface area contributed by atoms with Crippen LogP contribution in [-0.2, 0) is 28.5 Å². The highest BCUT2D eigenvalue weighted by Crippen LogP contribution is 2.49. The van der Waals surface area contributed by atoms with E-state index in [0.29, 0.717) is 70.2 Å². The lowest BCUT2D eigenvalue weighted by molar-refractivity contribution is 0.00126. The Kier molecular flexibility index (Phi) is 37.1. The third kappa shape index (κ3) is 28.0. The molecule has 2 N–H and O–H groups in total. The number of halogens is 9. The third-order valence-corrected chi connectivity index (χ3v) is 35.0. The van der Waals surface area contributed by atoms with Crippen LogP contribution in [0.3, 0.4) is 0 Å². The Hall–Kier alpha value is -8.04. The van der Waals surface area contributed by atoms with Gasteiger partial charge in [0.1, 0.15) is 41.0 Å². The molecule has 8 saturated heterocycles. The molecule has 141 heavy (non-hydrogen) atoms. The number of amides is 6. The van der Waals surface area contributed by atoms with Crippen molar-refractivity contribution in [2.45, 2.75) is 114 Å². The highest BCUT2D eigenvalue weighted by atomic mass is 79.9. The first-order valence-electron chi connectivity index (χ1n) is 45.1. The van der Waals surface area contributed by atoms with Gasteiger partial charge in [0.25, 0.3) is 32.7 Å². The average Bonchev–Trinajstić information content (AvgIpc) is 1.74. The maximum Gasteiger partial charge on any atom is 0.410 e. The molecule has 47 heteroatoms. The number of nitrogens with zero attached hydrogens (tertiary/aromatic N) is 18. The van der Waals surface area contributed by atoms with Gasteiger partial charge in [-0.2, -0.15) is 4.31 Å². The van der Waals surface area contributed by atoms with Crippen molar-refractivity contribution in [3.63, 3.8) is 0 Å². The van der Waals surface area contributed by atoms with Gasteiger partial charge in [-0.1, -0.05) is 163 Å². The number of carbonyl (C=O) groups is 6. The average molecular weight is 2270 g/mol. The zero-order valence-electron chi connectivity index (χ0n) is 80.3. The van der Waals surface area contributed by atoms with Crippen LogP contribution >= 0.6 is 154 Å². The van der Waals surface area contributed by atoms with Crippen molar-refractivity contribution in [2.24, 2.45) is 21.7 Å². The van der Waals surface area contributed by atoms with Crippen molar-refractivity contribution in [1.82, 2.24) is 85.1 Å². The molecule has 0 bridgehead atoms. The van der Waals surface area contributed by atoms with Crippen LogP contribution in [0.4, 0.5) is 25.0 Å². The molecule has 6 aromatic carbocycles. The Labute approximate surface area is 887 Å². The smallest absolute Gasteiger partial charge is 0.410 e. The summed E-state index contributed by atoms with van der Waals surface area (Å²) in [7, 11) is 11.3. The van der Waals surface area contributed by atoms with Gasteiger partial charge < -0.3 is 64.2 Å². The molecule has 760 valence electrons. The normalized spacial score (nSPS) is 17.0. The Morgan fingerprint density at radius 3 is 0.943 bits per heavy atom. The Bertz CT molecular complexity index is 6380. The minimum atomic E-state index is -3.69. The standard InChI is InChI=1S/C24H25Cl2N5O3S2.C23H30ClN5O3S.C18H22ClN5OS.C12H22N2O2.C11H9BrClN3OS.C6H4Cl2O2S.ClH/c1-29(2)22(32)17-8-7-16(13-19(17)26)21-27-28-23(35-21)30-14-24(15-30)9-11-31(12-10-24)36(33,34)20-6-4-3-5-18(20)25;1-22(2,3)32-21(31)28-10-8-23(9-11-28)13-29(14-23)20-26-25-18(33-20)15-6-7-16(17(24)12-15)19(30)27(4)5;1-23(2)16(25)13-4-3-12(9-14(13)19)15-21-22-17(26-15)24-10-18(11-24)5-7-20-8-6-18;1-11(2,3)16-10(15)14-6-4-12(5-7-14)8-13-9-12;1-16(2)10(17)7-4-3-6(5-8(7)13)9-14-15-11(12)18-9;7-5-3-1-2-4-6(5)11(8,9)10;/h3-8,13H,9-12,14-15H2,1-2H3;6-7,12H,8-11,13-14H2,1-5H3;3-4,9,20H,5-8,10-11H2,1-2H3;13H,4-9H2,1-3H3;3-5H,1-2H3;1-4H;1H. The van der Waals surface area contributed by atoms with Gasteiger partial charge >= 0.3 is 12.2 Å². The minimum absolute atomic E-state index is 0. The second-order valence-electron chi connectivity index (χ2n) is 38.7. The molecule has 18 rings (SSSR count). The zero-order chi connectivity index (χ0) is 102. The van der Waals surface area contributed by atoms with Crippen LogP contribution in [0.5, 0.6) is 0 Å². The summed E-state index contributed by atoms with van der Waals surface area (Å²) in [4.78, 5) is 89.0. The summed E-state index contributed by atoms with van der Waals surface area (Å²) in [6, 6.07) is 33.9. The van der Waals surface area contributed by atoms with E-state index in [2.05, 4.69) is 82.1 Å². The molecule has 8 fully saturated rings. The molecule has 8 aliphatic heterocycles. The van der Waals surface area contributed by atoms with Crippen molar-refractivity contribution in [3.8, 4) is 42.3 Å². The molecule has 0 saturated carbocycles. The molecule has 4 aromatic heterocycles. The fraction of sp³-hybridized carbons (Fsp3) is 0.468. The van der Waals surface area contributed by atoms with Gasteiger partial charge in [-0.15, -0.1) is 53.2 Å². The van der Waals surface area contributed by atoms with Gasteiger partial charge in [0.2, 0.25) is 25.4 Å². The number of ether oxygens (including phenoxy) is 2. The molecule has 0 aliphatic carbocycles. The summed E-state index contributed by atoms with van der Waals surface area (Å²) in [5.74, 6) is -0.508. The van der Waals surface area contributed by atoms with Gasteiger partial charge in [0.15, 0.2) is 3.92 Å². The number of benzene rings is 6. The molecule has 12 heterocycles. The number of anilines is 3. The summed E-state index contributed by atoms with van der Waals surface area (Å²) in [5.41, 5.74) is 5.70. The van der Waals surface area contributed by atoms with Gasteiger partial charge in [-0.25, -0.2) is 26.4 Å². The maximum absolute atomic E-state index is 13.0. The second-order valence-corrected chi connectivity index (χ2v) is 50.7. The van der Waals surface area contributed by atoms with E-state index >= 15 is 0 Å². The van der Waals surface area contributed by atoms with Crippen molar-refractivity contribution in [3.05, 3.63) is 178 Å². The monoisotopic (exact) mass is 2260 g/mol. The summed E-state index contributed by atoms with van der Waals surface area (Å²) >= 11 is 46.1. The second kappa shape index (κ2) is 46.8. The van der Waals surface area contributed by atoms with E-state index in [1.165, 1.54) is 78.6 Å². The lowest BCUT2D eigenvalue weighted by Gasteiger charge is -2.53. The highest BCUT2D eigenvalue weighted by Gasteiger charge is 2.51. The topological polar surface area (TPSA) is 349 Å². The molecular formula is C94H113BrCl8N20O12S6. The number of nitrogens with one attached hydrogen (secondary N) is 2. The van der Waals surface area contributed by atoms with Crippen LogP contribution in [0, 0.1) is 21.7 Å². The lowest BCUT2D eigenvalue weighted by atomic mass is 9.72. The van der Waals surface area contributed by atoms with E-state index in [1.54, 1.807) is 157 Å². The summed E-state index contributed by atoms with van der Waals surface area (Å²) in [6.45, 7) is 25.6. The van der Waals surface area contributed by atoms with Gasteiger partial charge in [-0.3, -0.25) is 19.2 Å². The predicted molar refractivity (Wildman–Crippen MR) is 568 cm³/mol. The number of carbonyl (C=O) groups excluding carboxylic acids is 6. The first-order valence-corrected chi connectivity index (χ1v) is 55.1. The highest BCUT2D eigenvalue weighted by molar-refractivity contribution is 9.11. The minimum Gasteiger partial charge on any atom is -0.444 e. The lowest BCUT2D eigenvalue weighted by Crippen LogP contribution is -2.61. The number of hydrogen-bond acceptors (Lipinski definition) is 29. The fourth-order valence-corrected chi connectivity index (χ4v) is 25.1. The molecule has 32 nitrogen and oxygen atoms in total. The summed E-state index contributed by atoms with van der Waals surface area (Å²) < 4.78 is 60.7. The van der Waals surface area contributed by atoms with Crippen molar-refractivity contribution in [1.29, 1.82) is 0 Å². The molecule has 4 spiro atoms. The maximum atomic E-state index is 13.0. The molecule has 0 radical (unpaired) electrons. The van der Waals surface area contributed by atoms with E-state index < -0.39 is 24.7 Å². The first-order chi connectivity index (χ1) is 65.9. The molecular weight excluding hydrogens is 2160 g/mol. The van der Waals surface area contributed by atoms with E-state index in [9.17, 15) is 45.6 Å².